The molecule has 13 heavy (non-hydrogen) atoms. The van der Waals surface area contributed by atoms with Crippen LogP contribution in [0.3, 0.4) is 0 Å². The van der Waals surface area contributed by atoms with Crippen molar-refractivity contribution in [2.45, 2.75) is 45.2 Å². The topological polar surface area (TPSA) is 25.2 Å². The van der Waals surface area contributed by atoms with Gasteiger partial charge in [-0.05, 0) is 31.4 Å². The highest BCUT2D eigenvalue weighted by Gasteiger charge is 2.14. The summed E-state index contributed by atoms with van der Waals surface area (Å²) in [6.45, 7) is 2.98. The van der Waals surface area contributed by atoms with Gasteiger partial charge in [0.1, 0.15) is 5.76 Å². The molecule has 0 unspecified atom stereocenters. The van der Waals surface area contributed by atoms with Crippen molar-refractivity contribution < 1.29 is 4.42 Å². The van der Waals surface area contributed by atoms with Crippen LogP contribution in [0.4, 0.5) is 0 Å². The summed E-state index contributed by atoms with van der Waals surface area (Å²) in [7, 11) is 0. The van der Waals surface area contributed by atoms with Gasteiger partial charge in [0.25, 0.3) is 0 Å². The quantitative estimate of drug-likeness (QED) is 0.771. The Labute approximate surface area is 79.3 Å². The largest absolute Gasteiger partial charge is 0.468 e. The molecule has 2 heteroatoms. The monoisotopic (exact) mass is 179 g/mol. The molecule has 1 saturated carbocycles. The third kappa shape index (κ3) is 2.13. The van der Waals surface area contributed by atoms with E-state index >= 15 is 0 Å². The van der Waals surface area contributed by atoms with E-state index < -0.39 is 0 Å². The summed E-state index contributed by atoms with van der Waals surface area (Å²) >= 11 is 0. The zero-order valence-electron chi connectivity index (χ0n) is 8.18. The number of nitrogens with one attached hydrogen (secondary N) is 1. The minimum atomic E-state index is 0.726. The van der Waals surface area contributed by atoms with Crippen molar-refractivity contribution in [1.82, 2.24) is 5.32 Å². The lowest BCUT2D eigenvalue weighted by Crippen LogP contribution is -2.25. The van der Waals surface area contributed by atoms with Crippen molar-refractivity contribution in [2.75, 3.05) is 0 Å². The summed E-state index contributed by atoms with van der Waals surface area (Å²) in [5.74, 6) is 1.09. The van der Waals surface area contributed by atoms with Gasteiger partial charge in [-0.3, -0.25) is 0 Å². The van der Waals surface area contributed by atoms with Crippen molar-refractivity contribution in [2.24, 2.45) is 0 Å². The highest BCUT2D eigenvalue weighted by molar-refractivity contribution is 5.14. The molecule has 0 amide bonds. The van der Waals surface area contributed by atoms with Gasteiger partial charge in [-0.15, -0.1) is 0 Å². The van der Waals surface area contributed by atoms with E-state index in [-0.39, 0.29) is 0 Å². The fraction of sp³-hybridized carbons (Fsp3) is 0.636. The highest BCUT2D eigenvalue weighted by atomic mass is 16.3. The molecular formula is C11H17NO. The summed E-state index contributed by atoms with van der Waals surface area (Å²) in [5.41, 5.74) is 1.26. The van der Waals surface area contributed by atoms with Crippen LogP contribution >= 0.6 is 0 Å². The van der Waals surface area contributed by atoms with Crippen LogP contribution in [-0.2, 0) is 6.54 Å². The fourth-order valence-electron chi connectivity index (χ4n) is 1.95. The van der Waals surface area contributed by atoms with Gasteiger partial charge in [0.2, 0.25) is 0 Å². The maximum absolute atomic E-state index is 5.36. The van der Waals surface area contributed by atoms with Gasteiger partial charge < -0.3 is 9.73 Å². The molecule has 1 heterocycles. The molecule has 2 rings (SSSR count). The maximum Gasteiger partial charge on any atom is 0.120 e. The standard InChI is InChI=1S/C11H17NO/c1-9-6-7-13-11(9)8-12-10-4-2-3-5-10/h6-7,10,12H,2-5,8H2,1H3. The number of hydrogen-bond acceptors (Lipinski definition) is 2. The normalized spacial score (nSPS) is 18.2. The highest BCUT2D eigenvalue weighted by Crippen LogP contribution is 2.18. The zero-order valence-corrected chi connectivity index (χ0v) is 8.18. The number of hydrogen-bond donors (Lipinski definition) is 1. The van der Waals surface area contributed by atoms with Crippen LogP contribution in [0.1, 0.15) is 37.0 Å². The van der Waals surface area contributed by atoms with Crippen molar-refractivity contribution in [3.63, 3.8) is 0 Å². The summed E-state index contributed by atoms with van der Waals surface area (Å²) in [6.07, 6.45) is 7.20. The van der Waals surface area contributed by atoms with Crippen molar-refractivity contribution >= 4 is 0 Å². The molecule has 1 aliphatic rings. The Morgan fingerprint density at radius 3 is 2.85 bits per heavy atom. The van der Waals surface area contributed by atoms with Crippen LogP contribution < -0.4 is 5.32 Å². The Morgan fingerprint density at radius 2 is 2.23 bits per heavy atom. The van der Waals surface area contributed by atoms with E-state index in [9.17, 15) is 0 Å². The minimum Gasteiger partial charge on any atom is -0.468 e. The molecule has 1 aromatic rings. The molecule has 0 saturated heterocycles. The summed E-state index contributed by atoms with van der Waals surface area (Å²) in [4.78, 5) is 0. The summed E-state index contributed by atoms with van der Waals surface area (Å²) in [6, 6.07) is 2.75. The Bertz CT molecular complexity index is 261. The van der Waals surface area contributed by atoms with Crippen LogP contribution in [0.2, 0.25) is 0 Å². The van der Waals surface area contributed by atoms with Crippen LogP contribution in [0.25, 0.3) is 0 Å². The number of furan rings is 1. The molecule has 0 spiro atoms. The van der Waals surface area contributed by atoms with Gasteiger partial charge in [-0.25, -0.2) is 0 Å². The van der Waals surface area contributed by atoms with Crippen LogP contribution in [-0.4, -0.2) is 6.04 Å². The lowest BCUT2D eigenvalue weighted by atomic mass is 10.2. The molecule has 0 radical (unpaired) electrons. The van der Waals surface area contributed by atoms with E-state index in [4.69, 9.17) is 4.42 Å². The molecule has 72 valence electrons. The van der Waals surface area contributed by atoms with E-state index in [1.807, 2.05) is 6.07 Å². The fourth-order valence-corrected chi connectivity index (χ4v) is 1.95. The van der Waals surface area contributed by atoms with Gasteiger partial charge in [0.15, 0.2) is 0 Å². The lowest BCUT2D eigenvalue weighted by Gasteiger charge is -2.10. The molecule has 1 aromatic heterocycles. The Hall–Kier alpha value is -0.760. The predicted molar refractivity (Wildman–Crippen MR) is 52.5 cm³/mol. The van der Waals surface area contributed by atoms with Gasteiger partial charge in [0.05, 0.1) is 12.8 Å². The van der Waals surface area contributed by atoms with Crippen molar-refractivity contribution in [1.29, 1.82) is 0 Å². The zero-order chi connectivity index (χ0) is 9.10. The van der Waals surface area contributed by atoms with Crippen molar-refractivity contribution in [3.8, 4) is 0 Å². The smallest absolute Gasteiger partial charge is 0.120 e. The molecule has 1 aliphatic carbocycles. The van der Waals surface area contributed by atoms with Gasteiger partial charge >= 0.3 is 0 Å². The van der Waals surface area contributed by atoms with Gasteiger partial charge in [-0.2, -0.15) is 0 Å². The van der Waals surface area contributed by atoms with Crippen molar-refractivity contribution in [3.05, 3.63) is 23.7 Å². The van der Waals surface area contributed by atoms with E-state index in [1.54, 1.807) is 6.26 Å². The average Bonchev–Trinajstić information content (AvgIpc) is 2.72. The summed E-state index contributed by atoms with van der Waals surface area (Å²) < 4.78 is 5.36. The van der Waals surface area contributed by atoms with Gasteiger partial charge in [0, 0.05) is 6.04 Å². The number of aryl methyl sites for hydroxylation is 1. The molecule has 0 aliphatic heterocycles. The molecule has 0 bridgehead atoms. The third-order valence-electron chi connectivity index (χ3n) is 2.87. The Balaban J connectivity index is 1.82. The molecule has 1 N–H and O–H groups in total. The average molecular weight is 179 g/mol. The van der Waals surface area contributed by atoms with E-state index in [0.29, 0.717) is 0 Å². The van der Waals surface area contributed by atoms with Gasteiger partial charge in [-0.1, -0.05) is 12.8 Å². The van der Waals surface area contributed by atoms with E-state index in [2.05, 4.69) is 12.2 Å². The first-order valence-corrected chi connectivity index (χ1v) is 5.12. The predicted octanol–water partition coefficient (Wildman–Crippen LogP) is 2.62. The number of rotatable bonds is 3. The lowest BCUT2D eigenvalue weighted by molar-refractivity contribution is 0.444. The Kier molecular flexibility index (Phi) is 2.69. The minimum absolute atomic E-state index is 0.726. The molecular weight excluding hydrogens is 162 g/mol. The first-order chi connectivity index (χ1) is 6.36. The molecule has 1 fully saturated rings. The van der Waals surface area contributed by atoms with E-state index in [1.165, 1.54) is 31.2 Å². The van der Waals surface area contributed by atoms with Crippen LogP contribution in [0.15, 0.2) is 16.7 Å². The molecule has 2 nitrogen and oxygen atoms in total. The second-order valence-electron chi connectivity index (χ2n) is 3.89. The van der Waals surface area contributed by atoms with E-state index in [0.717, 1.165) is 18.3 Å². The summed E-state index contributed by atoms with van der Waals surface area (Å²) in [5, 5.41) is 3.53. The Morgan fingerprint density at radius 1 is 1.46 bits per heavy atom. The maximum atomic E-state index is 5.36. The first-order valence-electron chi connectivity index (χ1n) is 5.12. The molecule has 0 aromatic carbocycles. The van der Waals surface area contributed by atoms with Crippen LogP contribution in [0, 0.1) is 6.92 Å². The SMILES string of the molecule is Cc1ccoc1CNC1CCCC1. The first kappa shape index (κ1) is 8.82. The molecule has 0 atom stereocenters. The second-order valence-corrected chi connectivity index (χ2v) is 3.89. The van der Waals surface area contributed by atoms with Crippen LogP contribution in [0.5, 0.6) is 0 Å². The second kappa shape index (κ2) is 3.97. The third-order valence-corrected chi connectivity index (χ3v) is 2.87.